The van der Waals surface area contributed by atoms with Crippen LogP contribution in [0.15, 0.2) is 88.4 Å². The second-order valence-corrected chi connectivity index (χ2v) is 6.45. The minimum Gasteiger partial charge on any atom is -0.423 e. The van der Waals surface area contributed by atoms with Gasteiger partial charge in [-0.25, -0.2) is 10.2 Å². The maximum Gasteiger partial charge on any atom is 0.343 e. The maximum absolute atomic E-state index is 12.1. The summed E-state index contributed by atoms with van der Waals surface area (Å²) in [5.74, 6) is -0.356. The zero-order chi connectivity index (χ0) is 19.1. The molecular weight excluding hydrogens is 408 g/mol. The van der Waals surface area contributed by atoms with Gasteiger partial charge in [0.2, 0.25) is 0 Å². The smallest absolute Gasteiger partial charge is 0.343 e. The third-order valence-corrected chi connectivity index (χ3v) is 4.09. The number of halogens is 1. The molecule has 5 nitrogen and oxygen atoms in total. The van der Waals surface area contributed by atoms with Crippen LogP contribution in [-0.2, 0) is 0 Å². The second kappa shape index (κ2) is 8.91. The molecule has 0 bridgehead atoms. The van der Waals surface area contributed by atoms with E-state index < -0.39 is 5.97 Å². The Hall–Kier alpha value is -3.25. The molecule has 0 saturated heterocycles. The molecule has 0 aliphatic carbocycles. The molecular formula is C21H15BrN2O3. The van der Waals surface area contributed by atoms with E-state index in [-0.39, 0.29) is 5.91 Å². The number of hydrazone groups is 1. The Morgan fingerprint density at radius 2 is 1.63 bits per heavy atom. The first kappa shape index (κ1) is 18.5. The van der Waals surface area contributed by atoms with Gasteiger partial charge in [0.15, 0.2) is 0 Å². The summed E-state index contributed by atoms with van der Waals surface area (Å²) >= 11 is 3.32. The van der Waals surface area contributed by atoms with E-state index in [4.69, 9.17) is 4.74 Å². The molecule has 0 aromatic heterocycles. The molecule has 6 heteroatoms. The summed E-state index contributed by atoms with van der Waals surface area (Å²) in [6, 6.07) is 22.6. The molecule has 0 radical (unpaired) electrons. The van der Waals surface area contributed by atoms with Gasteiger partial charge in [-0.15, -0.1) is 0 Å². The molecule has 3 aromatic carbocycles. The third-order valence-electron chi connectivity index (χ3n) is 3.56. The highest BCUT2D eigenvalue weighted by Crippen LogP contribution is 2.14. The highest BCUT2D eigenvalue weighted by Gasteiger charge is 2.08. The highest BCUT2D eigenvalue weighted by atomic mass is 79.9. The van der Waals surface area contributed by atoms with Crippen LogP contribution in [0.1, 0.15) is 26.3 Å². The van der Waals surface area contributed by atoms with Crippen molar-refractivity contribution in [3.63, 3.8) is 0 Å². The van der Waals surface area contributed by atoms with Crippen LogP contribution in [0.2, 0.25) is 0 Å². The first-order valence-electron chi connectivity index (χ1n) is 8.08. The molecule has 134 valence electrons. The van der Waals surface area contributed by atoms with Gasteiger partial charge in [-0.1, -0.05) is 46.3 Å². The number of esters is 1. The van der Waals surface area contributed by atoms with E-state index >= 15 is 0 Å². The number of nitrogens with zero attached hydrogens (tertiary/aromatic N) is 1. The molecule has 27 heavy (non-hydrogen) atoms. The second-order valence-electron chi connectivity index (χ2n) is 5.53. The van der Waals surface area contributed by atoms with E-state index in [1.165, 1.54) is 6.21 Å². The van der Waals surface area contributed by atoms with Crippen molar-refractivity contribution in [3.8, 4) is 5.75 Å². The van der Waals surface area contributed by atoms with E-state index in [1.807, 2.05) is 6.07 Å². The number of carbonyl (C=O) groups is 2. The Kier molecular flexibility index (Phi) is 6.12. The van der Waals surface area contributed by atoms with Crippen molar-refractivity contribution >= 4 is 34.0 Å². The largest absolute Gasteiger partial charge is 0.423 e. The lowest BCUT2D eigenvalue weighted by Crippen LogP contribution is -2.17. The predicted molar refractivity (Wildman–Crippen MR) is 107 cm³/mol. The summed E-state index contributed by atoms with van der Waals surface area (Å²) in [5.41, 5.74) is 4.12. The molecule has 0 atom stereocenters. The monoisotopic (exact) mass is 422 g/mol. The number of rotatable bonds is 5. The molecule has 1 N–H and O–H groups in total. The van der Waals surface area contributed by atoms with Crippen LogP contribution in [0.4, 0.5) is 0 Å². The van der Waals surface area contributed by atoms with Gasteiger partial charge in [-0.05, 0) is 54.1 Å². The molecule has 0 aliphatic rings. The molecule has 0 aliphatic heterocycles. The molecule has 0 unspecified atom stereocenters. The summed E-state index contributed by atoms with van der Waals surface area (Å²) in [6.45, 7) is 0. The Morgan fingerprint density at radius 3 is 2.37 bits per heavy atom. The van der Waals surface area contributed by atoms with Crippen LogP contribution in [0.25, 0.3) is 0 Å². The van der Waals surface area contributed by atoms with Crippen molar-refractivity contribution in [2.24, 2.45) is 5.10 Å². The lowest BCUT2D eigenvalue weighted by atomic mass is 10.2. The Balaban J connectivity index is 1.61. The first-order valence-corrected chi connectivity index (χ1v) is 8.87. The molecule has 3 rings (SSSR count). The van der Waals surface area contributed by atoms with Gasteiger partial charge < -0.3 is 4.74 Å². The maximum atomic E-state index is 12.1. The summed E-state index contributed by atoms with van der Waals surface area (Å²) in [4.78, 5) is 24.1. The number of benzene rings is 3. The predicted octanol–water partition coefficient (Wildman–Crippen LogP) is 4.43. The van der Waals surface area contributed by atoms with Crippen LogP contribution >= 0.6 is 15.9 Å². The molecule has 0 heterocycles. The molecule has 3 aromatic rings. The third kappa shape index (κ3) is 5.36. The number of hydrogen-bond acceptors (Lipinski definition) is 4. The standard InChI is InChI=1S/C21H15BrN2O3/c22-18-11-9-16(10-12-18)20(25)24-23-14-15-5-4-8-19(13-15)27-21(26)17-6-2-1-3-7-17/h1-14H,(H,24,25). The van der Waals surface area contributed by atoms with E-state index in [1.54, 1.807) is 72.8 Å². The van der Waals surface area contributed by atoms with Crippen LogP contribution in [0.3, 0.4) is 0 Å². The number of amides is 1. The Morgan fingerprint density at radius 1 is 0.889 bits per heavy atom. The van der Waals surface area contributed by atoms with Crippen LogP contribution < -0.4 is 10.2 Å². The molecule has 1 amide bonds. The highest BCUT2D eigenvalue weighted by molar-refractivity contribution is 9.10. The quantitative estimate of drug-likeness (QED) is 0.286. The SMILES string of the molecule is O=C(NN=Cc1cccc(OC(=O)c2ccccc2)c1)c1ccc(Br)cc1. The molecule has 0 fully saturated rings. The van der Waals surface area contributed by atoms with Gasteiger partial charge in [-0.2, -0.15) is 5.10 Å². The van der Waals surface area contributed by atoms with Crippen molar-refractivity contribution in [1.82, 2.24) is 5.43 Å². The van der Waals surface area contributed by atoms with Crippen LogP contribution in [-0.4, -0.2) is 18.1 Å². The average molecular weight is 423 g/mol. The van der Waals surface area contributed by atoms with Crippen molar-refractivity contribution < 1.29 is 14.3 Å². The van der Waals surface area contributed by atoms with E-state index in [0.29, 0.717) is 22.4 Å². The van der Waals surface area contributed by atoms with Crippen LogP contribution in [0, 0.1) is 0 Å². The number of carbonyl (C=O) groups excluding carboxylic acids is 2. The van der Waals surface area contributed by atoms with Gasteiger partial charge in [0, 0.05) is 10.0 Å². The number of nitrogens with one attached hydrogen (secondary N) is 1. The van der Waals surface area contributed by atoms with Gasteiger partial charge in [0.1, 0.15) is 5.75 Å². The number of hydrogen-bond donors (Lipinski definition) is 1. The van der Waals surface area contributed by atoms with Gasteiger partial charge in [-0.3, -0.25) is 4.79 Å². The van der Waals surface area contributed by atoms with Crippen molar-refractivity contribution in [2.75, 3.05) is 0 Å². The van der Waals surface area contributed by atoms with Crippen LogP contribution in [0.5, 0.6) is 5.75 Å². The van der Waals surface area contributed by atoms with Crippen molar-refractivity contribution in [2.45, 2.75) is 0 Å². The van der Waals surface area contributed by atoms with E-state index in [2.05, 4.69) is 26.5 Å². The minimum absolute atomic E-state index is 0.314. The van der Waals surface area contributed by atoms with Gasteiger partial charge >= 0.3 is 5.97 Å². The summed E-state index contributed by atoms with van der Waals surface area (Å²) < 4.78 is 6.25. The normalized spacial score (nSPS) is 10.6. The van der Waals surface area contributed by atoms with Gasteiger partial charge in [0.05, 0.1) is 11.8 Å². The first-order chi connectivity index (χ1) is 13.1. The fraction of sp³-hybridized carbons (Fsp3) is 0. The van der Waals surface area contributed by atoms with Crippen molar-refractivity contribution in [3.05, 3.63) is 100 Å². The van der Waals surface area contributed by atoms with E-state index in [9.17, 15) is 9.59 Å². The minimum atomic E-state index is -0.437. The van der Waals surface area contributed by atoms with Gasteiger partial charge in [0.25, 0.3) is 5.91 Å². The lowest BCUT2D eigenvalue weighted by molar-refractivity contribution is 0.0734. The Labute approximate surface area is 164 Å². The Bertz CT molecular complexity index is 970. The fourth-order valence-corrected chi connectivity index (χ4v) is 2.49. The molecule has 0 spiro atoms. The lowest BCUT2D eigenvalue weighted by Gasteiger charge is -2.05. The zero-order valence-corrected chi connectivity index (χ0v) is 15.7. The zero-order valence-electron chi connectivity index (χ0n) is 14.1. The van der Waals surface area contributed by atoms with Crippen molar-refractivity contribution in [1.29, 1.82) is 0 Å². The van der Waals surface area contributed by atoms with E-state index in [0.717, 1.165) is 4.47 Å². The average Bonchev–Trinajstić information content (AvgIpc) is 2.69. The number of ether oxygens (including phenoxy) is 1. The summed E-state index contributed by atoms with van der Waals surface area (Å²) in [7, 11) is 0. The summed E-state index contributed by atoms with van der Waals surface area (Å²) in [5, 5.41) is 3.94. The summed E-state index contributed by atoms with van der Waals surface area (Å²) in [6.07, 6.45) is 1.48. The fourth-order valence-electron chi connectivity index (χ4n) is 2.23. The topological polar surface area (TPSA) is 67.8 Å². The molecule has 0 saturated carbocycles.